The second-order valence-corrected chi connectivity index (χ2v) is 5.04. The smallest absolute Gasteiger partial charge is 0.277 e. The lowest BCUT2D eigenvalue weighted by Gasteiger charge is -2.10. The molecule has 90 valence electrons. The molecule has 6 nitrogen and oxygen atoms in total. The molecule has 15 heavy (non-hydrogen) atoms. The Bertz CT molecular complexity index is 288. The summed E-state index contributed by atoms with van der Waals surface area (Å²) in [6, 6.07) is -0.127. The fourth-order valence-corrected chi connectivity index (χ4v) is 2.03. The van der Waals surface area contributed by atoms with Crippen molar-refractivity contribution in [1.82, 2.24) is 14.8 Å². The van der Waals surface area contributed by atoms with Gasteiger partial charge in [-0.25, -0.2) is 4.72 Å². The van der Waals surface area contributed by atoms with Crippen LogP contribution in [0.3, 0.4) is 0 Å². The molecule has 0 unspecified atom stereocenters. The zero-order valence-electron chi connectivity index (χ0n) is 9.33. The minimum Gasteiger partial charge on any atom is -0.356 e. The zero-order valence-corrected chi connectivity index (χ0v) is 10.1. The second kappa shape index (κ2) is 6.76. The summed E-state index contributed by atoms with van der Waals surface area (Å²) in [4.78, 5) is 10.5. The molecule has 0 fully saturated rings. The van der Waals surface area contributed by atoms with E-state index >= 15 is 0 Å². The lowest BCUT2D eigenvalue weighted by molar-refractivity contribution is -0.118. The van der Waals surface area contributed by atoms with E-state index in [1.54, 1.807) is 13.8 Å². The van der Waals surface area contributed by atoms with Crippen molar-refractivity contribution in [2.75, 3.05) is 13.1 Å². The predicted molar refractivity (Wildman–Crippen MR) is 58.5 cm³/mol. The molecule has 0 aliphatic carbocycles. The molecule has 0 saturated carbocycles. The molecule has 0 aromatic carbocycles. The van der Waals surface area contributed by atoms with Crippen LogP contribution in [0.15, 0.2) is 0 Å². The molecule has 0 bridgehead atoms. The van der Waals surface area contributed by atoms with Crippen LogP contribution in [0, 0.1) is 0 Å². The average Bonchev–Trinajstić information content (AvgIpc) is 1.99. The van der Waals surface area contributed by atoms with Crippen molar-refractivity contribution in [1.29, 1.82) is 0 Å². The maximum Gasteiger partial charge on any atom is 0.277 e. The van der Waals surface area contributed by atoms with Crippen molar-refractivity contribution in [3.05, 3.63) is 0 Å². The van der Waals surface area contributed by atoms with Crippen LogP contribution in [0.1, 0.15) is 27.2 Å². The summed E-state index contributed by atoms with van der Waals surface area (Å²) in [5, 5.41) is 2.58. The Morgan fingerprint density at radius 2 is 1.87 bits per heavy atom. The number of carbonyl (C=O) groups is 1. The monoisotopic (exact) mass is 237 g/mol. The summed E-state index contributed by atoms with van der Waals surface area (Å²) < 4.78 is 27.2. The minimum absolute atomic E-state index is 0.113. The Morgan fingerprint density at radius 1 is 1.27 bits per heavy atom. The molecule has 0 radical (unpaired) electrons. The Kier molecular flexibility index (Phi) is 6.46. The van der Waals surface area contributed by atoms with E-state index in [9.17, 15) is 13.2 Å². The zero-order chi connectivity index (χ0) is 11.9. The second-order valence-electron chi connectivity index (χ2n) is 3.51. The Balaban J connectivity index is 3.62. The first-order chi connectivity index (χ1) is 6.83. The lowest BCUT2D eigenvalue weighted by Crippen LogP contribution is -2.41. The van der Waals surface area contributed by atoms with Gasteiger partial charge < -0.3 is 5.32 Å². The molecule has 0 aliphatic heterocycles. The summed E-state index contributed by atoms with van der Waals surface area (Å²) in [6.07, 6.45) is 0.568. The van der Waals surface area contributed by atoms with Crippen LogP contribution >= 0.6 is 0 Å². The summed E-state index contributed by atoms with van der Waals surface area (Å²) in [7, 11) is -3.39. The number of rotatable bonds is 7. The van der Waals surface area contributed by atoms with Gasteiger partial charge in [0.05, 0.1) is 0 Å². The first-order valence-electron chi connectivity index (χ1n) is 4.85. The molecule has 0 aromatic rings. The largest absolute Gasteiger partial charge is 0.356 e. The van der Waals surface area contributed by atoms with Gasteiger partial charge in [-0.2, -0.15) is 13.1 Å². The third kappa shape index (κ3) is 9.64. The molecular formula is C8H19N3O3S. The van der Waals surface area contributed by atoms with Crippen LogP contribution in [-0.4, -0.2) is 33.5 Å². The summed E-state index contributed by atoms with van der Waals surface area (Å²) in [5.74, 6) is -0.113. The highest BCUT2D eigenvalue weighted by Gasteiger charge is 2.09. The Labute approximate surface area is 91.0 Å². The molecule has 0 aromatic heterocycles. The van der Waals surface area contributed by atoms with Crippen molar-refractivity contribution in [3.8, 4) is 0 Å². The first kappa shape index (κ1) is 14.3. The predicted octanol–water partition coefficient (Wildman–Crippen LogP) is -0.655. The third-order valence-corrected chi connectivity index (χ3v) is 2.78. The fraction of sp³-hybridized carbons (Fsp3) is 0.875. The van der Waals surface area contributed by atoms with Gasteiger partial charge in [0.2, 0.25) is 5.91 Å². The molecule has 0 atom stereocenters. The van der Waals surface area contributed by atoms with Gasteiger partial charge in [-0.1, -0.05) is 0 Å². The molecular weight excluding hydrogens is 218 g/mol. The SMILES string of the molecule is CC(=O)NCCCNS(=O)(=O)NC(C)C. The molecule has 0 spiro atoms. The number of nitrogens with one attached hydrogen (secondary N) is 3. The van der Waals surface area contributed by atoms with E-state index in [1.165, 1.54) is 6.92 Å². The number of hydrogen-bond acceptors (Lipinski definition) is 3. The maximum atomic E-state index is 11.2. The van der Waals surface area contributed by atoms with Gasteiger partial charge in [-0.05, 0) is 20.3 Å². The molecule has 7 heteroatoms. The Hall–Kier alpha value is -0.660. The van der Waals surface area contributed by atoms with Crippen molar-refractivity contribution in [2.45, 2.75) is 33.2 Å². The van der Waals surface area contributed by atoms with Crippen LogP contribution in [0.2, 0.25) is 0 Å². The van der Waals surface area contributed by atoms with E-state index in [0.29, 0.717) is 19.5 Å². The van der Waals surface area contributed by atoms with E-state index in [4.69, 9.17) is 0 Å². The summed E-state index contributed by atoms with van der Waals surface area (Å²) >= 11 is 0. The molecule has 0 rings (SSSR count). The topological polar surface area (TPSA) is 87.3 Å². The van der Waals surface area contributed by atoms with Gasteiger partial charge in [0.15, 0.2) is 0 Å². The van der Waals surface area contributed by atoms with Crippen LogP contribution in [0.5, 0.6) is 0 Å². The highest BCUT2D eigenvalue weighted by molar-refractivity contribution is 7.87. The number of hydrogen-bond donors (Lipinski definition) is 3. The van der Waals surface area contributed by atoms with Gasteiger partial charge in [0.1, 0.15) is 0 Å². The van der Waals surface area contributed by atoms with Crippen molar-refractivity contribution in [2.24, 2.45) is 0 Å². The highest BCUT2D eigenvalue weighted by Crippen LogP contribution is 1.84. The molecule has 0 saturated heterocycles. The summed E-state index contributed by atoms with van der Waals surface area (Å²) in [5.41, 5.74) is 0. The first-order valence-corrected chi connectivity index (χ1v) is 6.33. The maximum absolute atomic E-state index is 11.2. The van der Waals surface area contributed by atoms with Gasteiger partial charge in [-0.15, -0.1) is 0 Å². The lowest BCUT2D eigenvalue weighted by atomic mass is 10.4. The molecule has 0 heterocycles. The quantitative estimate of drug-likeness (QED) is 0.514. The number of carbonyl (C=O) groups excluding carboxylic acids is 1. The van der Waals surface area contributed by atoms with E-state index in [1.807, 2.05) is 0 Å². The van der Waals surface area contributed by atoms with E-state index < -0.39 is 10.2 Å². The third-order valence-electron chi connectivity index (χ3n) is 1.41. The van der Waals surface area contributed by atoms with E-state index in [0.717, 1.165) is 0 Å². The van der Waals surface area contributed by atoms with Crippen LogP contribution in [0.4, 0.5) is 0 Å². The van der Waals surface area contributed by atoms with Crippen molar-refractivity contribution >= 4 is 16.1 Å². The highest BCUT2D eigenvalue weighted by atomic mass is 32.2. The molecule has 1 amide bonds. The van der Waals surface area contributed by atoms with Gasteiger partial charge in [0, 0.05) is 26.1 Å². The summed E-state index contributed by atoms with van der Waals surface area (Å²) in [6.45, 7) is 5.69. The van der Waals surface area contributed by atoms with E-state index in [2.05, 4.69) is 14.8 Å². The fourth-order valence-electron chi connectivity index (χ4n) is 0.911. The van der Waals surface area contributed by atoms with Gasteiger partial charge in [0.25, 0.3) is 10.2 Å². The Morgan fingerprint density at radius 3 is 2.33 bits per heavy atom. The van der Waals surface area contributed by atoms with Crippen molar-refractivity contribution < 1.29 is 13.2 Å². The average molecular weight is 237 g/mol. The standard InChI is InChI=1S/C8H19N3O3S/c1-7(2)11-15(13,14)10-6-4-5-9-8(3)12/h7,10-11H,4-6H2,1-3H3,(H,9,12). The van der Waals surface area contributed by atoms with Crippen molar-refractivity contribution in [3.63, 3.8) is 0 Å². The van der Waals surface area contributed by atoms with E-state index in [-0.39, 0.29) is 11.9 Å². The molecule has 3 N–H and O–H groups in total. The normalized spacial score (nSPS) is 11.7. The minimum atomic E-state index is -3.39. The number of amides is 1. The van der Waals surface area contributed by atoms with Crippen LogP contribution in [-0.2, 0) is 15.0 Å². The van der Waals surface area contributed by atoms with Crippen LogP contribution < -0.4 is 14.8 Å². The van der Waals surface area contributed by atoms with Gasteiger partial charge in [-0.3, -0.25) is 4.79 Å². The molecule has 0 aliphatic rings. The van der Waals surface area contributed by atoms with Crippen LogP contribution in [0.25, 0.3) is 0 Å². The van der Waals surface area contributed by atoms with Gasteiger partial charge >= 0.3 is 0 Å².